The number of hydrogen-bond donors (Lipinski definition) is 2. The molecule has 6 heteroatoms. The number of rotatable bonds is 4. The summed E-state index contributed by atoms with van der Waals surface area (Å²) in [5.74, 6) is 1.56. The molecule has 0 spiro atoms. The number of nitrogens with two attached hydrogens (primary N) is 1. The van der Waals surface area contributed by atoms with Gasteiger partial charge in [-0.2, -0.15) is 0 Å². The van der Waals surface area contributed by atoms with Crippen molar-refractivity contribution in [2.24, 2.45) is 11.7 Å². The van der Waals surface area contributed by atoms with Gasteiger partial charge in [0, 0.05) is 23.8 Å². The normalized spacial score (nSPS) is 24.1. The highest BCUT2D eigenvalue weighted by molar-refractivity contribution is 7.99. The van der Waals surface area contributed by atoms with Gasteiger partial charge in [-0.05, 0) is 26.7 Å². The summed E-state index contributed by atoms with van der Waals surface area (Å²) in [6.45, 7) is 4.18. The molecule has 0 bridgehead atoms. The number of nitrogens with one attached hydrogen (secondary N) is 1. The first-order valence-corrected chi connectivity index (χ1v) is 8.49. The molecule has 0 aromatic rings. The Morgan fingerprint density at radius 2 is 2.00 bits per heavy atom. The van der Waals surface area contributed by atoms with Gasteiger partial charge in [0.15, 0.2) is 0 Å². The third-order valence-electron chi connectivity index (χ3n) is 3.89. The second kappa shape index (κ2) is 6.35. The van der Waals surface area contributed by atoms with Gasteiger partial charge >= 0.3 is 0 Å². The van der Waals surface area contributed by atoms with E-state index >= 15 is 0 Å². The largest absolute Gasteiger partial charge is 0.352 e. The van der Waals surface area contributed by atoms with Gasteiger partial charge in [-0.25, -0.2) is 0 Å². The van der Waals surface area contributed by atoms with Crippen LogP contribution in [0.25, 0.3) is 0 Å². The Balaban J connectivity index is 1.92. The minimum absolute atomic E-state index is 0.0696. The van der Waals surface area contributed by atoms with Crippen molar-refractivity contribution in [2.45, 2.75) is 51.1 Å². The highest BCUT2D eigenvalue weighted by Gasteiger charge is 2.38. The number of carbonyl (C=O) groups excluding carboxylic acids is 2. The molecule has 1 saturated heterocycles. The zero-order valence-corrected chi connectivity index (χ0v) is 13.2. The molecule has 2 aliphatic rings. The molecule has 20 heavy (non-hydrogen) atoms. The Morgan fingerprint density at radius 3 is 2.60 bits per heavy atom. The molecule has 2 fully saturated rings. The maximum Gasteiger partial charge on any atom is 0.243 e. The maximum atomic E-state index is 12.5. The molecule has 1 unspecified atom stereocenters. The Labute approximate surface area is 125 Å². The summed E-state index contributed by atoms with van der Waals surface area (Å²) < 4.78 is 0. The van der Waals surface area contributed by atoms with Crippen molar-refractivity contribution in [3.05, 3.63) is 0 Å². The minimum Gasteiger partial charge on any atom is -0.352 e. The molecule has 0 aromatic heterocycles. The molecule has 114 valence electrons. The molecule has 0 radical (unpaired) electrons. The fourth-order valence-electron chi connectivity index (χ4n) is 2.72. The summed E-state index contributed by atoms with van der Waals surface area (Å²) in [5, 5.41) is 2.87. The van der Waals surface area contributed by atoms with Crippen LogP contribution in [0.15, 0.2) is 0 Å². The monoisotopic (exact) mass is 299 g/mol. The quantitative estimate of drug-likeness (QED) is 0.810. The van der Waals surface area contributed by atoms with Gasteiger partial charge in [-0.1, -0.05) is 12.8 Å². The van der Waals surface area contributed by atoms with Gasteiger partial charge in [0.2, 0.25) is 11.8 Å². The molecule has 2 amide bonds. The van der Waals surface area contributed by atoms with E-state index in [1.165, 1.54) is 0 Å². The topological polar surface area (TPSA) is 75.4 Å². The van der Waals surface area contributed by atoms with E-state index in [0.717, 1.165) is 25.7 Å². The van der Waals surface area contributed by atoms with E-state index in [9.17, 15) is 9.59 Å². The molecule has 1 saturated carbocycles. The average molecular weight is 299 g/mol. The van der Waals surface area contributed by atoms with E-state index in [1.54, 1.807) is 16.7 Å². The average Bonchev–Trinajstić information content (AvgIpc) is 3.04. The first-order valence-electron chi connectivity index (χ1n) is 7.33. The van der Waals surface area contributed by atoms with Gasteiger partial charge in [0.1, 0.15) is 6.04 Å². The zero-order chi connectivity index (χ0) is 14.8. The Morgan fingerprint density at radius 1 is 1.35 bits per heavy atom. The van der Waals surface area contributed by atoms with E-state index in [-0.39, 0.29) is 23.8 Å². The van der Waals surface area contributed by atoms with Crippen molar-refractivity contribution in [2.75, 3.05) is 18.2 Å². The van der Waals surface area contributed by atoms with Crippen LogP contribution in [0.3, 0.4) is 0 Å². The van der Waals surface area contributed by atoms with Gasteiger partial charge in [0.25, 0.3) is 0 Å². The highest BCUT2D eigenvalue weighted by Crippen LogP contribution is 2.30. The van der Waals surface area contributed by atoms with Crippen LogP contribution < -0.4 is 11.1 Å². The van der Waals surface area contributed by atoms with Crippen molar-refractivity contribution in [1.29, 1.82) is 0 Å². The number of nitrogens with zero attached hydrogens (tertiary/aromatic N) is 1. The van der Waals surface area contributed by atoms with Crippen LogP contribution in [0.2, 0.25) is 0 Å². The molecular formula is C14H25N3O2S. The van der Waals surface area contributed by atoms with Gasteiger partial charge in [0.05, 0.1) is 5.88 Å². The van der Waals surface area contributed by atoms with Crippen LogP contribution in [0, 0.1) is 5.92 Å². The molecule has 1 atom stereocenters. The van der Waals surface area contributed by atoms with Gasteiger partial charge < -0.3 is 16.0 Å². The fourth-order valence-corrected chi connectivity index (χ4v) is 3.88. The van der Waals surface area contributed by atoms with E-state index in [1.807, 2.05) is 13.8 Å². The van der Waals surface area contributed by atoms with Crippen LogP contribution in [0.1, 0.15) is 39.5 Å². The molecule has 2 rings (SSSR count). The Hall–Kier alpha value is -0.750. The Kier molecular flexibility index (Phi) is 4.96. The van der Waals surface area contributed by atoms with E-state index in [0.29, 0.717) is 18.2 Å². The van der Waals surface area contributed by atoms with Crippen molar-refractivity contribution in [3.63, 3.8) is 0 Å². The van der Waals surface area contributed by atoms with Crippen LogP contribution >= 0.6 is 11.8 Å². The molecule has 0 aromatic carbocycles. The van der Waals surface area contributed by atoms with Crippen molar-refractivity contribution < 1.29 is 9.59 Å². The molecular weight excluding hydrogens is 274 g/mol. The maximum absolute atomic E-state index is 12.5. The van der Waals surface area contributed by atoms with Crippen LogP contribution in [0.5, 0.6) is 0 Å². The first kappa shape index (κ1) is 15.6. The third kappa shape index (κ3) is 3.88. The number of amides is 2. The minimum atomic E-state index is -0.429. The molecule has 1 aliphatic carbocycles. The standard InChI is InChI=1S/C14H25N3O2S/c1-14(2,15)8-16-12(18)11-7-20-9-17(11)13(19)10-5-3-4-6-10/h10-11H,3-9,15H2,1-2H3,(H,16,18). The smallest absolute Gasteiger partial charge is 0.243 e. The van der Waals surface area contributed by atoms with Crippen LogP contribution in [-0.2, 0) is 9.59 Å². The van der Waals surface area contributed by atoms with Crippen LogP contribution in [-0.4, -0.2) is 46.5 Å². The molecule has 3 N–H and O–H groups in total. The summed E-state index contributed by atoms with van der Waals surface area (Å²) in [6.07, 6.45) is 4.22. The van der Waals surface area contributed by atoms with Gasteiger partial charge in [-0.15, -0.1) is 11.8 Å². The number of hydrogen-bond acceptors (Lipinski definition) is 4. The summed E-state index contributed by atoms with van der Waals surface area (Å²) in [6, 6.07) is -0.324. The van der Waals surface area contributed by atoms with Crippen molar-refractivity contribution in [3.8, 4) is 0 Å². The number of carbonyl (C=O) groups is 2. The fraction of sp³-hybridized carbons (Fsp3) is 0.857. The van der Waals surface area contributed by atoms with Crippen LogP contribution in [0.4, 0.5) is 0 Å². The highest BCUT2D eigenvalue weighted by atomic mass is 32.2. The summed E-state index contributed by atoms with van der Waals surface area (Å²) in [7, 11) is 0. The third-order valence-corrected chi connectivity index (χ3v) is 4.90. The SMILES string of the molecule is CC(C)(N)CNC(=O)C1CSCN1C(=O)C1CCCC1. The second-order valence-electron chi connectivity index (χ2n) is 6.51. The molecule has 5 nitrogen and oxygen atoms in total. The second-order valence-corrected chi connectivity index (χ2v) is 7.51. The first-order chi connectivity index (χ1) is 9.38. The number of thioether (sulfide) groups is 1. The summed E-state index contributed by atoms with van der Waals surface area (Å²) >= 11 is 1.65. The molecule has 1 heterocycles. The predicted molar refractivity (Wildman–Crippen MR) is 81.2 cm³/mol. The zero-order valence-electron chi connectivity index (χ0n) is 12.4. The lowest BCUT2D eigenvalue weighted by Crippen LogP contribution is -2.52. The Bertz CT molecular complexity index is 375. The summed E-state index contributed by atoms with van der Waals surface area (Å²) in [4.78, 5) is 26.5. The lowest BCUT2D eigenvalue weighted by Gasteiger charge is -2.27. The van der Waals surface area contributed by atoms with E-state index in [2.05, 4.69) is 5.32 Å². The van der Waals surface area contributed by atoms with E-state index < -0.39 is 5.54 Å². The summed E-state index contributed by atoms with van der Waals surface area (Å²) in [5.41, 5.74) is 5.45. The van der Waals surface area contributed by atoms with Gasteiger partial charge in [-0.3, -0.25) is 9.59 Å². The van der Waals surface area contributed by atoms with Crippen molar-refractivity contribution >= 4 is 23.6 Å². The predicted octanol–water partition coefficient (Wildman–Crippen LogP) is 0.932. The van der Waals surface area contributed by atoms with E-state index in [4.69, 9.17) is 5.73 Å². The lowest BCUT2D eigenvalue weighted by atomic mass is 10.1. The lowest BCUT2D eigenvalue weighted by molar-refractivity contribution is -0.141. The molecule has 1 aliphatic heterocycles. The van der Waals surface area contributed by atoms with Crippen molar-refractivity contribution in [1.82, 2.24) is 10.2 Å².